The summed E-state index contributed by atoms with van der Waals surface area (Å²) < 4.78 is 0. The fourth-order valence-electron chi connectivity index (χ4n) is 2.24. The molecule has 1 aromatic carbocycles. The first-order valence-corrected chi connectivity index (χ1v) is 6.16. The molecule has 1 saturated heterocycles. The molecule has 0 spiro atoms. The number of nitrogens with one attached hydrogen (secondary N) is 1. The summed E-state index contributed by atoms with van der Waals surface area (Å²) in [7, 11) is 0. The van der Waals surface area contributed by atoms with Crippen molar-refractivity contribution < 1.29 is 9.59 Å². The van der Waals surface area contributed by atoms with Crippen LogP contribution in [0.4, 0.5) is 0 Å². The van der Waals surface area contributed by atoms with E-state index in [0.717, 1.165) is 23.2 Å². The number of ketones is 1. The fraction of sp³-hybridized carbons (Fsp3) is 0.429. The Morgan fingerprint density at radius 1 is 1.39 bits per heavy atom. The maximum Gasteiger partial charge on any atom is 0.234 e. The Balaban J connectivity index is 2.05. The number of amides is 1. The van der Waals surface area contributed by atoms with E-state index in [1.54, 1.807) is 0 Å². The largest absolute Gasteiger partial charge is 0.354 e. The van der Waals surface area contributed by atoms with Crippen molar-refractivity contribution in [1.82, 2.24) is 10.2 Å². The summed E-state index contributed by atoms with van der Waals surface area (Å²) >= 11 is 0. The average molecular weight is 246 g/mol. The minimum absolute atomic E-state index is 0.00493. The second-order valence-corrected chi connectivity index (χ2v) is 4.80. The molecule has 0 radical (unpaired) electrons. The number of piperazine rings is 1. The molecule has 4 nitrogen and oxygen atoms in total. The van der Waals surface area contributed by atoms with Crippen molar-refractivity contribution in [2.24, 2.45) is 0 Å². The first kappa shape index (κ1) is 12.8. The van der Waals surface area contributed by atoms with Gasteiger partial charge in [-0.05, 0) is 19.4 Å². The van der Waals surface area contributed by atoms with Crippen molar-refractivity contribution in [3.05, 3.63) is 34.9 Å². The second kappa shape index (κ2) is 5.31. The summed E-state index contributed by atoms with van der Waals surface area (Å²) in [5, 5.41) is 2.75. The Morgan fingerprint density at radius 3 is 2.83 bits per heavy atom. The Morgan fingerprint density at radius 2 is 2.17 bits per heavy atom. The molecule has 0 unspecified atom stereocenters. The van der Waals surface area contributed by atoms with Crippen molar-refractivity contribution in [2.45, 2.75) is 13.8 Å². The van der Waals surface area contributed by atoms with Gasteiger partial charge >= 0.3 is 0 Å². The molecule has 18 heavy (non-hydrogen) atoms. The van der Waals surface area contributed by atoms with Gasteiger partial charge in [-0.1, -0.05) is 23.8 Å². The number of hydrogen-bond acceptors (Lipinski definition) is 3. The molecule has 1 aromatic rings. The predicted molar refractivity (Wildman–Crippen MR) is 69.7 cm³/mol. The monoisotopic (exact) mass is 246 g/mol. The van der Waals surface area contributed by atoms with Gasteiger partial charge in [-0.2, -0.15) is 0 Å². The minimum atomic E-state index is -0.00493. The van der Waals surface area contributed by atoms with E-state index in [1.165, 1.54) is 0 Å². The van der Waals surface area contributed by atoms with Gasteiger partial charge in [-0.15, -0.1) is 0 Å². The van der Waals surface area contributed by atoms with Crippen LogP contribution in [0, 0.1) is 13.8 Å². The molecule has 1 fully saturated rings. The molecule has 1 heterocycles. The smallest absolute Gasteiger partial charge is 0.234 e. The number of rotatable bonds is 3. The molecule has 1 N–H and O–H groups in total. The highest BCUT2D eigenvalue weighted by Gasteiger charge is 2.19. The quantitative estimate of drug-likeness (QED) is 0.807. The molecular weight excluding hydrogens is 228 g/mol. The normalized spacial score (nSPS) is 16.4. The summed E-state index contributed by atoms with van der Waals surface area (Å²) in [4.78, 5) is 25.3. The Labute approximate surface area is 107 Å². The van der Waals surface area contributed by atoms with E-state index >= 15 is 0 Å². The summed E-state index contributed by atoms with van der Waals surface area (Å²) in [6, 6.07) is 5.83. The van der Waals surface area contributed by atoms with Crippen LogP contribution in [0.1, 0.15) is 21.5 Å². The van der Waals surface area contributed by atoms with Gasteiger partial charge in [0.25, 0.3) is 0 Å². The molecule has 2 rings (SSSR count). The van der Waals surface area contributed by atoms with E-state index in [0.29, 0.717) is 19.6 Å². The van der Waals surface area contributed by atoms with Gasteiger partial charge in [0.15, 0.2) is 5.78 Å². The van der Waals surface area contributed by atoms with Crippen LogP contribution in [-0.2, 0) is 4.79 Å². The van der Waals surface area contributed by atoms with Gasteiger partial charge in [-0.25, -0.2) is 0 Å². The van der Waals surface area contributed by atoms with Crippen LogP contribution in [0.2, 0.25) is 0 Å². The van der Waals surface area contributed by atoms with Crippen molar-refractivity contribution >= 4 is 11.7 Å². The average Bonchev–Trinajstić information content (AvgIpc) is 2.28. The zero-order valence-corrected chi connectivity index (χ0v) is 10.8. The Kier molecular flexibility index (Phi) is 3.77. The van der Waals surface area contributed by atoms with Gasteiger partial charge in [0.2, 0.25) is 5.91 Å². The molecule has 1 aliphatic heterocycles. The van der Waals surface area contributed by atoms with Crippen LogP contribution in [-0.4, -0.2) is 42.8 Å². The van der Waals surface area contributed by atoms with Crippen molar-refractivity contribution in [2.75, 3.05) is 26.2 Å². The number of aryl methyl sites for hydroxylation is 2. The van der Waals surface area contributed by atoms with Gasteiger partial charge in [-0.3, -0.25) is 14.5 Å². The number of carbonyl (C=O) groups excluding carboxylic acids is 2. The SMILES string of the molecule is Cc1ccc(C(=O)CN2CCNC(=O)C2)c(C)c1. The molecule has 0 atom stereocenters. The molecule has 0 aromatic heterocycles. The summed E-state index contributed by atoms with van der Waals surface area (Å²) in [5.74, 6) is 0.0804. The van der Waals surface area contributed by atoms with E-state index in [-0.39, 0.29) is 11.7 Å². The number of hydrogen-bond donors (Lipinski definition) is 1. The third-order valence-electron chi connectivity index (χ3n) is 3.17. The number of Topliss-reactive ketones (excluding diaryl/α,β-unsaturated/α-hetero) is 1. The lowest BCUT2D eigenvalue weighted by atomic mass is 10.0. The van der Waals surface area contributed by atoms with Crippen LogP contribution in [0.5, 0.6) is 0 Å². The third-order valence-corrected chi connectivity index (χ3v) is 3.17. The van der Waals surface area contributed by atoms with Crippen molar-refractivity contribution in [3.63, 3.8) is 0 Å². The first-order chi connectivity index (χ1) is 8.56. The number of nitrogens with zero attached hydrogens (tertiary/aromatic N) is 1. The molecule has 96 valence electrons. The summed E-state index contributed by atoms with van der Waals surface area (Å²) in [5.41, 5.74) is 2.91. The van der Waals surface area contributed by atoms with E-state index in [2.05, 4.69) is 5.32 Å². The molecule has 0 bridgehead atoms. The van der Waals surface area contributed by atoms with Gasteiger partial charge in [0.05, 0.1) is 13.1 Å². The van der Waals surface area contributed by atoms with Crippen molar-refractivity contribution in [1.29, 1.82) is 0 Å². The Bertz CT molecular complexity index is 483. The van der Waals surface area contributed by atoms with Gasteiger partial charge < -0.3 is 5.32 Å². The van der Waals surface area contributed by atoms with Crippen molar-refractivity contribution in [3.8, 4) is 0 Å². The minimum Gasteiger partial charge on any atom is -0.354 e. The maximum atomic E-state index is 12.2. The molecule has 1 aliphatic rings. The standard InChI is InChI=1S/C14H18N2O2/c1-10-3-4-12(11(2)7-10)13(17)8-16-6-5-15-14(18)9-16/h3-4,7H,5-6,8-9H2,1-2H3,(H,15,18). The van der Waals surface area contributed by atoms with E-state index in [4.69, 9.17) is 0 Å². The Hall–Kier alpha value is -1.68. The zero-order chi connectivity index (χ0) is 13.1. The van der Waals surface area contributed by atoms with Crippen LogP contribution in [0.3, 0.4) is 0 Å². The second-order valence-electron chi connectivity index (χ2n) is 4.80. The van der Waals surface area contributed by atoms with E-state index in [9.17, 15) is 9.59 Å². The highest BCUT2D eigenvalue weighted by Crippen LogP contribution is 2.12. The topological polar surface area (TPSA) is 49.4 Å². The number of benzene rings is 1. The molecule has 0 aliphatic carbocycles. The van der Waals surface area contributed by atoms with E-state index < -0.39 is 0 Å². The van der Waals surface area contributed by atoms with Crippen LogP contribution in [0.25, 0.3) is 0 Å². The number of carbonyl (C=O) groups is 2. The van der Waals surface area contributed by atoms with Crippen LogP contribution in [0.15, 0.2) is 18.2 Å². The van der Waals surface area contributed by atoms with E-state index in [1.807, 2.05) is 36.9 Å². The molecule has 0 saturated carbocycles. The summed E-state index contributed by atoms with van der Waals surface area (Å²) in [6.45, 7) is 5.95. The molecule has 4 heteroatoms. The lowest BCUT2D eigenvalue weighted by Gasteiger charge is -2.25. The highest BCUT2D eigenvalue weighted by atomic mass is 16.2. The first-order valence-electron chi connectivity index (χ1n) is 6.16. The van der Waals surface area contributed by atoms with Crippen LogP contribution >= 0.6 is 0 Å². The van der Waals surface area contributed by atoms with Crippen LogP contribution < -0.4 is 5.32 Å². The highest BCUT2D eigenvalue weighted by molar-refractivity contribution is 5.99. The lowest BCUT2D eigenvalue weighted by molar-refractivity contribution is -0.123. The van der Waals surface area contributed by atoms with Gasteiger partial charge in [0, 0.05) is 18.7 Å². The zero-order valence-electron chi connectivity index (χ0n) is 10.8. The molecule has 1 amide bonds. The predicted octanol–water partition coefficient (Wildman–Crippen LogP) is 0.918. The lowest BCUT2D eigenvalue weighted by Crippen LogP contribution is -2.49. The fourth-order valence-corrected chi connectivity index (χ4v) is 2.24. The summed E-state index contributed by atoms with van der Waals surface area (Å²) in [6.07, 6.45) is 0. The maximum absolute atomic E-state index is 12.2. The van der Waals surface area contributed by atoms with Gasteiger partial charge in [0.1, 0.15) is 0 Å². The molecular formula is C14H18N2O2. The third kappa shape index (κ3) is 2.96.